The molecular weight excluding hydrogens is 274 g/mol. The molecule has 1 aromatic carbocycles. The van der Waals surface area contributed by atoms with E-state index < -0.39 is 18.2 Å². The van der Waals surface area contributed by atoms with E-state index in [2.05, 4.69) is 16.0 Å². The Morgan fingerprint density at radius 2 is 2.29 bits per heavy atom. The standard InChI is InChI=1S/C14H17N3O4/c1-7-13(19)17-10-4-8(2-3-12(10)21-7)16-14(20)11-5-9(18)6-15-11/h2-4,7,9,11,15,18H,5-6H2,1H3,(H,16,20)(H,17,19). The zero-order valence-electron chi connectivity index (χ0n) is 11.6. The zero-order chi connectivity index (χ0) is 15.0. The lowest BCUT2D eigenvalue weighted by atomic mass is 10.1. The summed E-state index contributed by atoms with van der Waals surface area (Å²) < 4.78 is 5.45. The van der Waals surface area contributed by atoms with Crippen molar-refractivity contribution < 1.29 is 19.4 Å². The number of benzene rings is 1. The predicted molar refractivity (Wildman–Crippen MR) is 76.2 cm³/mol. The van der Waals surface area contributed by atoms with Crippen molar-refractivity contribution in [3.8, 4) is 5.75 Å². The summed E-state index contributed by atoms with van der Waals surface area (Å²) >= 11 is 0. The van der Waals surface area contributed by atoms with Gasteiger partial charge in [-0.05, 0) is 31.5 Å². The van der Waals surface area contributed by atoms with Crippen molar-refractivity contribution in [1.82, 2.24) is 5.32 Å². The molecule has 1 saturated heterocycles. The molecule has 21 heavy (non-hydrogen) atoms. The maximum Gasteiger partial charge on any atom is 0.265 e. The number of β-amino-alcohol motifs (C(OH)–C–C–N with tert-alkyl or cyclic N) is 1. The van der Waals surface area contributed by atoms with Crippen LogP contribution in [0.1, 0.15) is 13.3 Å². The van der Waals surface area contributed by atoms with E-state index in [-0.39, 0.29) is 11.8 Å². The van der Waals surface area contributed by atoms with Crippen LogP contribution in [-0.4, -0.2) is 41.7 Å². The summed E-state index contributed by atoms with van der Waals surface area (Å²) in [5, 5.41) is 17.9. The first-order valence-electron chi connectivity index (χ1n) is 6.87. The number of anilines is 2. The van der Waals surface area contributed by atoms with Crippen molar-refractivity contribution >= 4 is 23.2 Å². The molecule has 0 aromatic heterocycles. The molecule has 0 bridgehead atoms. The summed E-state index contributed by atoms with van der Waals surface area (Å²) in [4.78, 5) is 23.6. The molecule has 1 aromatic rings. The number of hydrogen-bond donors (Lipinski definition) is 4. The fourth-order valence-corrected chi connectivity index (χ4v) is 2.43. The van der Waals surface area contributed by atoms with E-state index in [0.717, 1.165) is 0 Å². The first kappa shape index (κ1) is 13.8. The number of nitrogens with one attached hydrogen (secondary N) is 3. The summed E-state index contributed by atoms with van der Waals surface area (Å²) in [7, 11) is 0. The Bertz CT molecular complexity index is 590. The average molecular weight is 291 g/mol. The lowest BCUT2D eigenvalue weighted by molar-refractivity contribution is -0.122. The zero-order valence-corrected chi connectivity index (χ0v) is 11.6. The molecule has 3 unspecified atom stereocenters. The topological polar surface area (TPSA) is 99.7 Å². The third-order valence-electron chi connectivity index (χ3n) is 3.60. The van der Waals surface area contributed by atoms with E-state index >= 15 is 0 Å². The fourth-order valence-electron chi connectivity index (χ4n) is 2.43. The normalized spacial score (nSPS) is 27.5. The fraction of sp³-hybridized carbons (Fsp3) is 0.429. The number of rotatable bonds is 2. The first-order valence-corrected chi connectivity index (χ1v) is 6.87. The van der Waals surface area contributed by atoms with Gasteiger partial charge in [-0.3, -0.25) is 9.59 Å². The Morgan fingerprint density at radius 3 is 3.00 bits per heavy atom. The van der Waals surface area contributed by atoms with Crippen molar-refractivity contribution in [2.45, 2.75) is 31.6 Å². The van der Waals surface area contributed by atoms with Gasteiger partial charge in [0.25, 0.3) is 5.91 Å². The monoisotopic (exact) mass is 291 g/mol. The molecule has 2 aliphatic rings. The number of aliphatic hydroxyl groups excluding tert-OH is 1. The summed E-state index contributed by atoms with van der Waals surface area (Å²) in [6.45, 7) is 2.09. The van der Waals surface area contributed by atoms with Gasteiger partial charge in [-0.15, -0.1) is 0 Å². The van der Waals surface area contributed by atoms with Gasteiger partial charge in [-0.1, -0.05) is 0 Å². The van der Waals surface area contributed by atoms with Gasteiger partial charge >= 0.3 is 0 Å². The molecule has 2 aliphatic heterocycles. The van der Waals surface area contributed by atoms with Crippen LogP contribution >= 0.6 is 0 Å². The third kappa shape index (κ3) is 2.84. The van der Waals surface area contributed by atoms with Gasteiger partial charge in [0.05, 0.1) is 17.8 Å². The molecule has 3 atom stereocenters. The van der Waals surface area contributed by atoms with Crippen molar-refractivity contribution in [3.05, 3.63) is 18.2 Å². The van der Waals surface area contributed by atoms with E-state index in [4.69, 9.17) is 4.74 Å². The minimum absolute atomic E-state index is 0.206. The van der Waals surface area contributed by atoms with E-state index in [9.17, 15) is 14.7 Å². The van der Waals surface area contributed by atoms with Crippen LogP contribution in [0.2, 0.25) is 0 Å². The molecule has 7 heteroatoms. The number of carbonyl (C=O) groups is 2. The highest BCUT2D eigenvalue weighted by atomic mass is 16.5. The smallest absolute Gasteiger partial charge is 0.265 e. The van der Waals surface area contributed by atoms with Gasteiger partial charge in [0.15, 0.2) is 6.10 Å². The highest BCUT2D eigenvalue weighted by Crippen LogP contribution is 2.32. The number of hydrogen-bond acceptors (Lipinski definition) is 5. The van der Waals surface area contributed by atoms with Crippen molar-refractivity contribution in [2.75, 3.05) is 17.2 Å². The van der Waals surface area contributed by atoms with Crippen LogP contribution in [-0.2, 0) is 9.59 Å². The first-order chi connectivity index (χ1) is 10.0. The van der Waals surface area contributed by atoms with Crippen LogP contribution < -0.4 is 20.7 Å². The van der Waals surface area contributed by atoms with Crippen molar-refractivity contribution in [2.24, 2.45) is 0 Å². The van der Waals surface area contributed by atoms with Crippen LogP contribution in [0.15, 0.2) is 18.2 Å². The van der Waals surface area contributed by atoms with Gasteiger partial charge in [-0.2, -0.15) is 0 Å². The maximum absolute atomic E-state index is 12.0. The Balaban J connectivity index is 1.71. The minimum atomic E-state index is -0.526. The molecule has 112 valence electrons. The third-order valence-corrected chi connectivity index (χ3v) is 3.60. The SMILES string of the molecule is CC1Oc2ccc(NC(=O)C3CC(O)CN3)cc2NC1=O. The second-order valence-corrected chi connectivity index (χ2v) is 5.30. The van der Waals surface area contributed by atoms with E-state index in [0.29, 0.717) is 30.1 Å². The molecule has 1 fully saturated rings. The lowest BCUT2D eigenvalue weighted by Gasteiger charge is -2.23. The van der Waals surface area contributed by atoms with Crippen LogP contribution in [0.4, 0.5) is 11.4 Å². The molecule has 0 aliphatic carbocycles. The largest absolute Gasteiger partial charge is 0.479 e. The van der Waals surface area contributed by atoms with Gasteiger partial charge in [0.2, 0.25) is 5.91 Å². The Morgan fingerprint density at radius 1 is 1.48 bits per heavy atom. The Hall–Kier alpha value is -2.12. The van der Waals surface area contributed by atoms with Crippen LogP contribution in [0.25, 0.3) is 0 Å². The summed E-state index contributed by atoms with van der Waals surface area (Å²) in [5.41, 5.74) is 1.11. The number of aliphatic hydroxyl groups is 1. The molecule has 4 N–H and O–H groups in total. The van der Waals surface area contributed by atoms with Crippen LogP contribution in [0, 0.1) is 0 Å². The number of ether oxygens (including phenoxy) is 1. The van der Waals surface area contributed by atoms with Crippen LogP contribution in [0.3, 0.4) is 0 Å². The highest BCUT2D eigenvalue weighted by molar-refractivity contribution is 6.00. The second kappa shape index (κ2) is 5.34. The van der Waals surface area contributed by atoms with E-state index in [1.165, 1.54) is 0 Å². The van der Waals surface area contributed by atoms with Gasteiger partial charge in [-0.25, -0.2) is 0 Å². The summed E-state index contributed by atoms with van der Waals surface area (Å²) in [5.74, 6) is 0.156. The molecule has 3 rings (SSSR count). The number of fused-ring (bicyclic) bond motifs is 1. The summed E-state index contributed by atoms with van der Waals surface area (Å²) in [6, 6.07) is 4.67. The maximum atomic E-state index is 12.0. The molecule has 2 heterocycles. The molecule has 0 radical (unpaired) electrons. The second-order valence-electron chi connectivity index (χ2n) is 5.30. The number of carbonyl (C=O) groups excluding carboxylic acids is 2. The van der Waals surface area contributed by atoms with Crippen LogP contribution in [0.5, 0.6) is 5.75 Å². The molecule has 0 spiro atoms. The minimum Gasteiger partial charge on any atom is -0.479 e. The average Bonchev–Trinajstić information content (AvgIpc) is 2.87. The van der Waals surface area contributed by atoms with E-state index in [1.807, 2.05) is 0 Å². The summed E-state index contributed by atoms with van der Waals surface area (Å²) in [6.07, 6.45) is -0.616. The van der Waals surface area contributed by atoms with Crippen molar-refractivity contribution in [3.63, 3.8) is 0 Å². The Labute approximate surface area is 121 Å². The molecule has 7 nitrogen and oxygen atoms in total. The van der Waals surface area contributed by atoms with Crippen molar-refractivity contribution in [1.29, 1.82) is 0 Å². The van der Waals surface area contributed by atoms with E-state index in [1.54, 1.807) is 25.1 Å². The quantitative estimate of drug-likeness (QED) is 0.618. The predicted octanol–water partition coefficient (Wildman–Crippen LogP) is 0.0673. The Kier molecular flexibility index (Phi) is 3.52. The highest BCUT2D eigenvalue weighted by Gasteiger charge is 2.28. The molecular formula is C14H17N3O4. The number of amides is 2. The van der Waals surface area contributed by atoms with Gasteiger partial charge in [0, 0.05) is 12.2 Å². The molecule has 2 amide bonds. The molecule has 0 saturated carbocycles. The van der Waals surface area contributed by atoms with Gasteiger partial charge in [0.1, 0.15) is 5.75 Å². The van der Waals surface area contributed by atoms with Gasteiger partial charge < -0.3 is 25.8 Å². The lowest BCUT2D eigenvalue weighted by Crippen LogP contribution is -2.36.